The number of piperidine rings is 1. The number of carbonyl (C=O) groups excluding carboxylic acids is 1. The fraction of sp³-hybridized carbons (Fsp3) is 0.381. The second kappa shape index (κ2) is 9.07. The molecule has 0 aliphatic carbocycles. The minimum atomic E-state index is -0.542. The molecule has 1 fully saturated rings. The van der Waals surface area contributed by atoms with Gasteiger partial charge in [-0.1, -0.05) is 6.07 Å². The van der Waals surface area contributed by atoms with Crippen molar-refractivity contribution in [3.63, 3.8) is 0 Å². The van der Waals surface area contributed by atoms with Crippen molar-refractivity contribution < 1.29 is 9.18 Å². The number of nitrogens with zero attached hydrogens (tertiary/aromatic N) is 7. The van der Waals surface area contributed by atoms with Crippen LogP contribution in [0.1, 0.15) is 23.2 Å². The number of aromatic nitrogens is 5. The second-order valence-electron chi connectivity index (χ2n) is 7.72. The molecule has 31 heavy (non-hydrogen) atoms. The molecule has 0 atom stereocenters. The summed E-state index contributed by atoms with van der Waals surface area (Å²) in [4.78, 5) is 26.7. The van der Waals surface area contributed by atoms with Crippen LogP contribution in [0.5, 0.6) is 0 Å². The summed E-state index contributed by atoms with van der Waals surface area (Å²) >= 11 is 0. The number of para-hydroxylation sites is 1. The topological polar surface area (TPSA) is 92.1 Å². The quantitative estimate of drug-likeness (QED) is 0.646. The van der Waals surface area contributed by atoms with Crippen molar-refractivity contribution in [2.75, 3.05) is 43.5 Å². The summed E-state index contributed by atoms with van der Waals surface area (Å²) in [7, 11) is 3.90. The van der Waals surface area contributed by atoms with Gasteiger partial charge in [0.25, 0.3) is 5.91 Å². The van der Waals surface area contributed by atoms with E-state index in [1.54, 1.807) is 12.4 Å². The Balaban J connectivity index is 1.35. The van der Waals surface area contributed by atoms with Gasteiger partial charge in [-0.3, -0.25) is 4.79 Å². The fourth-order valence-electron chi connectivity index (χ4n) is 3.69. The first-order valence-electron chi connectivity index (χ1n) is 10.2. The molecule has 162 valence electrons. The molecule has 2 aromatic heterocycles. The first-order valence-corrected chi connectivity index (χ1v) is 10.2. The fourth-order valence-corrected chi connectivity index (χ4v) is 3.69. The molecule has 3 heterocycles. The number of amides is 1. The number of hydrogen-bond donors (Lipinski definition) is 1. The Morgan fingerprint density at radius 3 is 2.65 bits per heavy atom. The summed E-state index contributed by atoms with van der Waals surface area (Å²) in [6.45, 7) is 2.24. The average Bonchev–Trinajstić information content (AvgIpc) is 3.32. The Morgan fingerprint density at radius 2 is 1.94 bits per heavy atom. The summed E-state index contributed by atoms with van der Waals surface area (Å²) < 4.78 is 14.4. The van der Waals surface area contributed by atoms with Gasteiger partial charge < -0.3 is 15.1 Å². The van der Waals surface area contributed by atoms with E-state index in [1.807, 2.05) is 25.1 Å². The highest BCUT2D eigenvalue weighted by Crippen LogP contribution is 2.23. The lowest BCUT2D eigenvalue weighted by atomic mass is 9.96. The highest BCUT2D eigenvalue weighted by Gasteiger charge is 2.23. The minimum Gasteiger partial charge on any atom is -0.363 e. The van der Waals surface area contributed by atoms with E-state index in [9.17, 15) is 9.18 Å². The lowest BCUT2D eigenvalue weighted by molar-refractivity contribution is 0.0944. The van der Waals surface area contributed by atoms with Gasteiger partial charge in [-0.15, -0.1) is 4.80 Å². The molecule has 1 aliphatic rings. The summed E-state index contributed by atoms with van der Waals surface area (Å²) in [5.41, 5.74) is 0.270. The zero-order chi connectivity index (χ0) is 21.8. The van der Waals surface area contributed by atoms with Crippen LogP contribution < -0.4 is 15.1 Å². The van der Waals surface area contributed by atoms with Gasteiger partial charge in [-0.05, 0) is 30.9 Å². The largest absolute Gasteiger partial charge is 0.363 e. The molecular weight excluding hydrogens is 399 g/mol. The molecule has 4 rings (SSSR count). The molecule has 0 unspecified atom stereocenters. The number of anilines is 2. The van der Waals surface area contributed by atoms with Crippen LogP contribution >= 0.6 is 0 Å². The maximum absolute atomic E-state index is 14.4. The van der Waals surface area contributed by atoms with Crippen molar-refractivity contribution in [2.45, 2.75) is 12.8 Å². The molecule has 1 aromatic carbocycles. The first kappa shape index (κ1) is 20.7. The Bertz CT molecular complexity index is 1030. The van der Waals surface area contributed by atoms with Gasteiger partial charge in [0, 0.05) is 39.8 Å². The van der Waals surface area contributed by atoms with Crippen LogP contribution in [-0.4, -0.2) is 64.6 Å². The summed E-state index contributed by atoms with van der Waals surface area (Å²) in [5, 5.41) is 10.9. The molecule has 1 aliphatic heterocycles. The lowest BCUT2D eigenvalue weighted by Gasteiger charge is -2.33. The van der Waals surface area contributed by atoms with Gasteiger partial charge in [0.2, 0.25) is 0 Å². The SMILES string of the molecule is CN(C)c1cc(N2CCC(CNC(=O)c3cccc(F)c3-n3nccn3)CC2)ncn1. The number of hydrogen-bond acceptors (Lipinski definition) is 7. The number of nitrogens with one attached hydrogen (secondary N) is 1. The Morgan fingerprint density at radius 1 is 1.19 bits per heavy atom. The van der Waals surface area contributed by atoms with E-state index in [1.165, 1.54) is 24.5 Å². The third-order valence-electron chi connectivity index (χ3n) is 5.44. The van der Waals surface area contributed by atoms with Crippen LogP contribution in [0, 0.1) is 11.7 Å². The monoisotopic (exact) mass is 424 g/mol. The van der Waals surface area contributed by atoms with Crippen molar-refractivity contribution in [2.24, 2.45) is 5.92 Å². The standard InChI is InChI=1S/C21H25FN8O/c1-28(2)18-12-19(25-14-24-18)29-10-6-15(7-11-29)13-23-21(31)16-4-3-5-17(22)20(16)30-26-8-9-27-30/h3-5,8-9,12,14-15H,6-7,10-11,13H2,1-2H3,(H,23,31). The van der Waals surface area contributed by atoms with Gasteiger partial charge in [-0.2, -0.15) is 10.2 Å². The maximum Gasteiger partial charge on any atom is 0.253 e. The Labute approximate surface area is 179 Å². The minimum absolute atomic E-state index is 0.0558. The molecule has 1 N–H and O–H groups in total. The molecule has 0 saturated carbocycles. The van der Waals surface area contributed by atoms with Gasteiger partial charge in [0.05, 0.1) is 18.0 Å². The van der Waals surface area contributed by atoms with Crippen LogP contribution in [0.25, 0.3) is 5.69 Å². The highest BCUT2D eigenvalue weighted by atomic mass is 19.1. The predicted molar refractivity (Wildman–Crippen MR) is 115 cm³/mol. The van der Waals surface area contributed by atoms with Gasteiger partial charge >= 0.3 is 0 Å². The number of carbonyl (C=O) groups is 1. The number of halogens is 1. The third kappa shape index (κ3) is 4.62. The van der Waals surface area contributed by atoms with E-state index in [0.717, 1.165) is 42.4 Å². The van der Waals surface area contributed by atoms with Crippen molar-refractivity contribution in [3.05, 3.63) is 54.4 Å². The summed E-state index contributed by atoms with van der Waals surface area (Å²) in [6, 6.07) is 6.37. The lowest BCUT2D eigenvalue weighted by Crippen LogP contribution is -2.39. The summed E-state index contributed by atoms with van der Waals surface area (Å²) in [6.07, 6.45) is 6.33. The summed E-state index contributed by atoms with van der Waals surface area (Å²) in [5.74, 6) is 1.25. The number of rotatable bonds is 6. The predicted octanol–water partition coefficient (Wildman–Crippen LogP) is 1.91. The molecule has 0 radical (unpaired) electrons. The van der Waals surface area contributed by atoms with Crippen molar-refractivity contribution in [3.8, 4) is 5.69 Å². The maximum atomic E-state index is 14.4. The molecule has 1 amide bonds. The van der Waals surface area contributed by atoms with Crippen LogP contribution in [0.2, 0.25) is 0 Å². The molecule has 0 bridgehead atoms. The molecule has 0 spiro atoms. The van der Waals surface area contributed by atoms with Crippen molar-refractivity contribution >= 4 is 17.5 Å². The number of benzene rings is 1. The average molecular weight is 424 g/mol. The van der Waals surface area contributed by atoms with Gasteiger partial charge in [-0.25, -0.2) is 14.4 Å². The zero-order valence-electron chi connectivity index (χ0n) is 17.6. The molecule has 3 aromatic rings. The van der Waals surface area contributed by atoms with E-state index < -0.39 is 5.82 Å². The molecule has 1 saturated heterocycles. The Hall–Kier alpha value is -3.56. The van der Waals surface area contributed by atoms with E-state index in [2.05, 4.69) is 30.4 Å². The molecule has 10 heteroatoms. The highest BCUT2D eigenvalue weighted by molar-refractivity contribution is 5.97. The van der Waals surface area contributed by atoms with Crippen LogP contribution in [0.3, 0.4) is 0 Å². The third-order valence-corrected chi connectivity index (χ3v) is 5.44. The van der Waals surface area contributed by atoms with Gasteiger partial charge in [0.15, 0.2) is 5.82 Å². The second-order valence-corrected chi connectivity index (χ2v) is 7.72. The van der Waals surface area contributed by atoms with E-state index in [0.29, 0.717) is 12.5 Å². The normalized spacial score (nSPS) is 14.5. The van der Waals surface area contributed by atoms with Crippen molar-refractivity contribution in [1.29, 1.82) is 0 Å². The van der Waals surface area contributed by atoms with E-state index >= 15 is 0 Å². The van der Waals surface area contributed by atoms with Crippen LogP contribution in [0.15, 0.2) is 43.0 Å². The van der Waals surface area contributed by atoms with Crippen LogP contribution in [-0.2, 0) is 0 Å². The van der Waals surface area contributed by atoms with Gasteiger partial charge in [0.1, 0.15) is 23.7 Å². The van der Waals surface area contributed by atoms with Crippen molar-refractivity contribution in [1.82, 2.24) is 30.3 Å². The Kier molecular flexibility index (Phi) is 6.06. The molecular formula is C21H25FN8O. The zero-order valence-corrected chi connectivity index (χ0v) is 17.6. The first-order chi connectivity index (χ1) is 15.0. The van der Waals surface area contributed by atoms with Crippen LogP contribution in [0.4, 0.5) is 16.0 Å². The molecule has 9 nitrogen and oxygen atoms in total. The smallest absolute Gasteiger partial charge is 0.253 e. The van der Waals surface area contributed by atoms with E-state index in [-0.39, 0.29) is 17.2 Å². The van der Waals surface area contributed by atoms with E-state index in [4.69, 9.17) is 0 Å².